The summed E-state index contributed by atoms with van der Waals surface area (Å²) in [4.78, 5) is 10.3. The van der Waals surface area contributed by atoms with E-state index in [9.17, 15) is 39.9 Å². The molecule has 0 aliphatic rings. The second-order valence-electron chi connectivity index (χ2n) is 2.65. The van der Waals surface area contributed by atoms with Crippen molar-refractivity contribution in [3.63, 3.8) is 0 Å². The lowest BCUT2D eigenvalue weighted by Gasteiger charge is -2.18. The molecule has 0 fully saturated rings. The predicted molar refractivity (Wildman–Crippen MR) is 34.4 cm³/mol. The van der Waals surface area contributed by atoms with Crippen LogP contribution in [0.1, 0.15) is 6.42 Å². The molecule has 0 aliphatic heterocycles. The highest BCUT2D eigenvalue weighted by Gasteiger charge is 2.63. The molecule has 0 aliphatic carbocycles. The lowest BCUT2D eigenvalue weighted by Crippen LogP contribution is -2.45. The first-order chi connectivity index (χ1) is 6.80. The van der Waals surface area contributed by atoms with Crippen LogP contribution in [0.3, 0.4) is 0 Å². The molecule has 0 aromatic rings. The summed E-state index contributed by atoms with van der Waals surface area (Å²) < 4.78 is 93.6. The first-order valence-electron chi connectivity index (χ1n) is 3.42. The topological polar surface area (TPSA) is 40.9 Å². The summed E-state index contributed by atoms with van der Waals surface area (Å²) >= 11 is 0. The molecule has 0 aromatic heterocycles. The fourth-order valence-electron chi connectivity index (χ4n) is 0.530. The Bertz CT molecular complexity index is 301. The molecule has 1 N–H and O–H groups in total. The van der Waals surface area contributed by atoms with Crippen molar-refractivity contribution in [3.8, 4) is 0 Å². The average Bonchev–Trinajstić information content (AvgIpc) is 1.99. The standard InChI is InChI=1S/C6H3F8NO/c7-4(8,6(12,13)14)3(16)1-2(15)5(9,10)11/h15H,1H2. The number of carbonyl (C=O) groups excluding carboxylic acids is 1. The van der Waals surface area contributed by atoms with Gasteiger partial charge in [-0.1, -0.05) is 0 Å². The van der Waals surface area contributed by atoms with Gasteiger partial charge in [0.15, 0.2) is 0 Å². The third kappa shape index (κ3) is 3.14. The molecule has 0 rings (SSSR count). The van der Waals surface area contributed by atoms with Gasteiger partial charge in [0.25, 0.3) is 0 Å². The molecule has 0 heterocycles. The summed E-state index contributed by atoms with van der Waals surface area (Å²) in [5.41, 5.74) is -2.46. The monoisotopic (exact) mass is 257 g/mol. The van der Waals surface area contributed by atoms with E-state index in [1.54, 1.807) is 0 Å². The lowest BCUT2D eigenvalue weighted by molar-refractivity contribution is -0.268. The van der Waals surface area contributed by atoms with Gasteiger partial charge in [0.2, 0.25) is 5.78 Å². The normalized spacial score (nSPS) is 13.8. The summed E-state index contributed by atoms with van der Waals surface area (Å²) in [6.45, 7) is 0. The Kier molecular flexibility index (Phi) is 3.68. The van der Waals surface area contributed by atoms with E-state index in [4.69, 9.17) is 5.41 Å². The van der Waals surface area contributed by atoms with E-state index in [0.717, 1.165) is 0 Å². The first-order valence-corrected chi connectivity index (χ1v) is 3.42. The maximum absolute atomic E-state index is 12.1. The van der Waals surface area contributed by atoms with Gasteiger partial charge in [0.05, 0.1) is 6.42 Å². The zero-order valence-corrected chi connectivity index (χ0v) is 7.14. The molecule has 0 unspecified atom stereocenters. The smallest absolute Gasteiger partial charge is 0.300 e. The minimum absolute atomic E-state index is 2.32. The predicted octanol–water partition coefficient (Wildman–Crippen LogP) is 2.73. The number of halogens is 8. The number of ketones is 1. The van der Waals surface area contributed by atoms with Crippen molar-refractivity contribution < 1.29 is 39.9 Å². The van der Waals surface area contributed by atoms with Crippen molar-refractivity contribution in [2.75, 3.05) is 0 Å². The van der Waals surface area contributed by atoms with E-state index in [2.05, 4.69) is 0 Å². The highest BCUT2D eigenvalue weighted by Crippen LogP contribution is 2.37. The molecule has 0 spiro atoms. The molecular formula is C6H3F8NO. The second-order valence-corrected chi connectivity index (χ2v) is 2.65. The van der Waals surface area contributed by atoms with Crippen LogP contribution in [0.25, 0.3) is 0 Å². The molecular weight excluding hydrogens is 254 g/mol. The number of alkyl halides is 8. The van der Waals surface area contributed by atoms with Crippen LogP contribution in [0.15, 0.2) is 0 Å². The Labute approximate surface area is 82.7 Å². The van der Waals surface area contributed by atoms with Gasteiger partial charge in [-0.3, -0.25) is 4.79 Å². The Morgan fingerprint density at radius 2 is 1.31 bits per heavy atom. The van der Waals surface area contributed by atoms with Gasteiger partial charge < -0.3 is 5.41 Å². The Hall–Kier alpha value is -1.22. The fourth-order valence-corrected chi connectivity index (χ4v) is 0.530. The van der Waals surface area contributed by atoms with Crippen LogP contribution in [-0.4, -0.2) is 29.8 Å². The minimum Gasteiger partial charge on any atom is -0.300 e. The number of nitrogens with one attached hydrogen (secondary N) is 1. The Balaban J connectivity index is 4.80. The van der Waals surface area contributed by atoms with Crippen LogP contribution in [0, 0.1) is 5.41 Å². The second kappa shape index (κ2) is 3.98. The van der Waals surface area contributed by atoms with Gasteiger partial charge in [-0.25, -0.2) is 0 Å². The molecule has 10 heteroatoms. The third-order valence-corrected chi connectivity index (χ3v) is 1.39. The maximum atomic E-state index is 12.1. The molecule has 0 saturated carbocycles. The number of carbonyl (C=O) groups is 1. The summed E-state index contributed by atoms with van der Waals surface area (Å²) in [5.74, 6) is -8.90. The van der Waals surface area contributed by atoms with Crippen LogP contribution in [-0.2, 0) is 4.79 Å². The van der Waals surface area contributed by atoms with E-state index in [1.165, 1.54) is 0 Å². The van der Waals surface area contributed by atoms with E-state index >= 15 is 0 Å². The number of hydrogen-bond donors (Lipinski definition) is 1. The van der Waals surface area contributed by atoms with Crippen molar-refractivity contribution in [1.82, 2.24) is 0 Å². The largest absolute Gasteiger partial charge is 0.461 e. The molecule has 0 aromatic carbocycles. The van der Waals surface area contributed by atoms with Gasteiger partial charge in [0, 0.05) is 0 Å². The SMILES string of the molecule is N=C(CC(=O)C(F)(F)C(F)(F)F)C(F)(F)F. The third-order valence-electron chi connectivity index (χ3n) is 1.39. The van der Waals surface area contributed by atoms with Gasteiger partial charge in [-0.05, 0) is 0 Å². The zero-order chi connectivity index (χ0) is 13.4. The summed E-state index contributed by atoms with van der Waals surface area (Å²) in [6.07, 6.45) is -14.0. The van der Waals surface area contributed by atoms with Crippen LogP contribution in [0.5, 0.6) is 0 Å². The highest BCUT2D eigenvalue weighted by molar-refractivity contribution is 6.05. The van der Waals surface area contributed by atoms with E-state index in [-0.39, 0.29) is 0 Å². The molecule has 0 bridgehead atoms. The van der Waals surface area contributed by atoms with Gasteiger partial charge in [-0.15, -0.1) is 0 Å². The summed E-state index contributed by atoms with van der Waals surface area (Å²) in [6, 6.07) is 0. The minimum atomic E-state index is -6.27. The van der Waals surface area contributed by atoms with E-state index in [1.807, 2.05) is 0 Å². The first kappa shape index (κ1) is 14.8. The maximum Gasteiger partial charge on any atom is 0.461 e. The van der Waals surface area contributed by atoms with Crippen molar-refractivity contribution in [1.29, 1.82) is 5.41 Å². The Morgan fingerprint density at radius 3 is 1.56 bits per heavy atom. The van der Waals surface area contributed by atoms with Crippen molar-refractivity contribution in [3.05, 3.63) is 0 Å². The van der Waals surface area contributed by atoms with Crippen LogP contribution >= 0.6 is 0 Å². The highest BCUT2D eigenvalue weighted by atomic mass is 19.4. The quantitative estimate of drug-likeness (QED) is 0.612. The van der Waals surface area contributed by atoms with Gasteiger partial charge in [-0.2, -0.15) is 35.1 Å². The van der Waals surface area contributed by atoms with Gasteiger partial charge >= 0.3 is 18.3 Å². The average molecular weight is 257 g/mol. The van der Waals surface area contributed by atoms with E-state index in [0.29, 0.717) is 0 Å². The van der Waals surface area contributed by atoms with Crippen LogP contribution in [0.2, 0.25) is 0 Å². The van der Waals surface area contributed by atoms with Crippen molar-refractivity contribution in [2.45, 2.75) is 24.7 Å². The van der Waals surface area contributed by atoms with Crippen molar-refractivity contribution >= 4 is 11.5 Å². The molecule has 0 saturated heterocycles. The summed E-state index contributed by atoms with van der Waals surface area (Å²) in [5, 5.41) is 6.11. The van der Waals surface area contributed by atoms with E-state index < -0.39 is 36.2 Å². The molecule has 0 radical (unpaired) electrons. The molecule has 0 amide bonds. The van der Waals surface area contributed by atoms with Crippen molar-refractivity contribution in [2.24, 2.45) is 0 Å². The number of hydrogen-bond acceptors (Lipinski definition) is 2. The summed E-state index contributed by atoms with van der Waals surface area (Å²) in [7, 11) is 0. The molecule has 0 atom stereocenters. The van der Waals surface area contributed by atoms with Crippen LogP contribution < -0.4 is 0 Å². The van der Waals surface area contributed by atoms with Gasteiger partial charge in [0.1, 0.15) is 5.71 Å². The Morgan fingerprint density at radius 1 is 0.938 bits per heavy atom. The number of Topliss-reactive ketones (excluding diaryl/α,β-unsaturated/α-hetero) is 1. The lowest BCUT2D eigenvalue weighted by atomic mass is 10.1. The van der Waals surface area contributed by atoms with Crippen LogP contribution in [0.4, 0.5) is 35.1 Å². The molecule has 16 heavy (non-hydrogen) atoms. The zero-order valence-electron chi connectivity index (χ0n) is 7.14. The number of rotatable bonds is 3. The molecule has 2 nitrogen and oxygen atoms in total. The fraction of sp³-hybridized carbons (Fsp3) is 0.667. The molecule has 94 valence electrons.